The number of primary amides is 1. The summed E-state index contributed by atoms with van der Waals surface area (Å²) in [6.07, 6.45) is 5.09. The SMILES string of the molecule is CN(C)C(=O)c1cc(NC2CCC(C(N)=O)CC2)ccn1. The second-order valence-electron chi connectivity index (χ2n) is 5.72. The molecule has 1 aromatic rings. The third-order valence-corrected chi connectivity index (χ3v) is 3.89. The molecule has 1 saturated carbocycles. The van der Waals surface area contributed by atoms with Gasteiger partial charge in [0, 0.05) is 37.9 Å². The summed E-state index contributed by atoms with van der Waals surface area (Å²) in [4.78, 5) is 28.6. The maximum Gasteiger partial charge on any atom is 0.272 e. The van der Waals surface area contributed by atoms with Gasteiger partial charge in [0.05, 0.1) is 0 Å². The number of nitrogens with zero attached hydrogens (tertiary/aromatic N) is 2. The van der Waals surface area contributed by atoms with Crippen molar-refractivity contribution in [2.45, 2.75) is 31.7 Å². The van der Waals surface area contributed by atoms with Crippen molar-refractivity contribution in [2.24, 2.45) is 11.7 Å². The lowest BCUT2D eigenvalue weighted by molar-refractivity contribution is -0.122. The zero-order valence-electron chi connectivity index (χ0n) is 12.5. The fourth-order valence-corrected chi connectivity index (χ4v) is 2.62. The highest BCUT2D eigenvalue weighted by Crippen LogP contribution is 2.26. The van der Waals surface area contributed by atoms with Gasteiger partial charge in [-0.3, -0.25) is 14.6 Å². The molecular weight excluding hydrogens is 268 g/mol. The third kappa shape index (κ3) is 3.93. The average Bonchev–Trinajstić information content (AvgIpc) is 2.47. The molecule has 1 fully saturated rings. The van der Waals surface area contributed by atoms with Gasteiger partial charge in [-0.05, 0) is 37.8 Å². The summed E-state index contributed by atoms with van der Waals surface area (Å²) in [5, 5.41) is 3.41. The summed E-state index contributed by atoms with van der Waals surface area (Å²) in [6, 6.07) is 3.93. The third-order valence-electron chi connectivity index (χ3n) is 3.89. The smallest absolute Gasteiger partial charge is 0.272 e. The lowest BCUT2D eigenvalue weighted by Crippen LogP contribution is -2.32. The van der Waals surface area contributed by atoms with Crippen LogP contribution in [0.3, 0.4) is 0 Å². The minimum absolute atomic E-state index is 0.00590. The first-order valence-corrected chi connectivity index (χ1v) is 7.21. The largest absolute Gasteiger partial charge is 0.382 e. The first kappa shape index (κ1) is 15.3. The summed E-state index contributed by atoms with van der Waals surface area (Å²) < 4.78 is 0. The molecule has 0 radical (unpaired) electrons. The summed E-state index contributed by atoms with van der Waals surface area (Å²) in [5.74, 6) is -0.307. The van der Waals surface area contributed by atoms with E-state index in [1.54, 1.807) is 26.4 Å². The molecule has 114 valence electrons. The van der Waals surface area contributed by atoms with E-state index >= 15 is 0 Å². The van der Waals surface area contributed by atoms with E-state index in [0.29, 0.717) is 11.7 Å². The number of carbonyl (C=O) groups excluding carboxylic acids is 2. The Bertz CT molecular complexity index is 522. The van der Waals surface area contributed by atoms with Crippen molar-refractivity contribution in [3.63, 3.8) is 0 Å². The predicted octanol–water partition coefficient (Wildman–Crippen LogP) is 1.24. The van der Waals surface area contributed by atoms with Crippen molar-refractivity contribution in [1.29, 1.82) is 0 Å². The van der Waals surface area contributed by atoms with Gasteiger partial charge in [0.1, 0.15) is 5.69 Å². The molecule has 0 aliphatic heterocycles. The molecule has 0 bridgehead atoms. The number of rotatable bonds is 4. The molecule has 0 unspecified atom stereocenters. The molecule has 1 aliphatic carbocycles. The van der Waals surface area contributed by atoms with Crippen LogP contribution < -0.4 is 11.1 Å². The average molecular weight is 290 g/mol. The Kier molecular flexibility index (Phi) is 4.77. The second-order valence-corrected chi connectivity index (χ2v) is 5.72. The van der Waals surface area contributed by atoms with Gasteiger partial charge in [-0.15, -0.1) is 0 Å². The van der Waals surface area contributed by atoms with Crippen LogP contribution in [-0.4, -0.2) is 41.8 Å². The number of hydrogen-bond acceptors (Lipinski definition) is 4. The molecule has 0 atom stereocenters. The molecule has 1 aliphatic rings. The van der Waals surface area contributed by atoms with Crippen molar-refractivity contribution in [2.75, 3.05) is 19.4 Å². The van der Waals surface area contributed by atoms with Crippen LogP contribution in [0, 0.1) is 5.92 Å². The highest BCUT2D eigenvalue weighted by Gasteiger charge is 2.24. The fourth-order valence-electron chi connectivity index (χ4n) is 2.62. The highest BCUT2D eigenvalue weighted by atomic mass is 16.2. The summed E-state index contributed by atoms with van der Waals surface area (Å²) in [7, 11) is 3.41. The Morgan fingerprint density at radius 3 is 2.52 bits per heavy atom. The van der Waals surface area contributed by atoms with E-state index < -0.39 is 0 Å². The van der Waals surface area contributed by atoms with Gasteiger partial charge in [0.2, 0.25) is 5.91 Å². The van der Waals surface area contributed by atoms with E-state index in [2.05, 4.69) is 10.3 Å². The first-order chi connectivity index (χ1) is 9.97. The van der Waals surface area contributed by atoms with Crippen LogP contribution in [0.4, 0.5) is 5.69 Å². The molecule has 2 amide bonds. The number of nitrogens with two attached hydrogens (primary N) is 1. The number of hydrogen-bond donors (Lipinski definition) is 2. The van der Waals surface area contributed by atoms with E-state index in [9.17, 15) is 9.59 Å². The molecule has 0 saturated heterocycles. The zero-order valence-corrected chi connectivity index (χ0v) is 12.5. The van der Waals surface area contributed by atoms with Crippen molar-refractivity contribution >= 4 is 17.5 Å². The van der Waals surface area contributed by atoms with Gasteiger partial charge in [-0.1, -0.05) is 0 Å². The summed E-state index contributed by atoms with van der Waals surface area (Å²) in [6.45, 7) is 0. The Labute approximate surface area is 124 Å². The number of nitrogens with one attached hydrogen (secondary N) is 1. The highest BCUT2D eigenvalue weighted by molar-refractivity contribution is 5.92. The van der Waals surface area contributed by atoms with Gasteiger partial charge < -0.3 is 16.0 Å². The van der Waals surface area contributed by atoms with E-state index in [1.165, 1.54) is 4.90 Å². The van der Waals surface area contributed by atoms with Crippen molar-refractivity contribution in [3.05, 3.63) is 24.0 Å². The van der Waals surface area contributed by atoms with Crippen LogP contribution in [0.1, 0.15) is 36.2 Å². The minimum Gasteiger partial charge on any atom is -0.382 e. The fraction of sp³-hybridized carbons (Fsp3) is 0.533. The van der Waals surface area contributed by atoms with E-state index in [0.717, 1.165) is 31.4 Å². The second kappa shape index (κ2) is 6.56. The van der Waals surface area contributed by atoms with Crippen molar-refractivity contribution in [3.8, 4) is 0 Å². The van der Waals surface area contributed by atoms with Crippen molar-refractivity contribution < 1.29 is 9.59 Å². The number of carbonyl (C=O) groups is 2. The molecule has 1 heterocycles. The maximum atomic E-state index is 11.9. The molecule has 3 N–H and O–H groups in total. The lowest BCUT2D eigenvalue weighted by atomic mass is 9.85. The molecule has 6 nitrogen and oxygen atoms in total. The van der Waals surface area contributed by atoms with Crippen LogP contribution >= 0.6 is 0 Å². The Hall–Kier alpha value is -2.11. The monoisotopic (exact) mass is 290 g/mol. The minimum atomic E-state index is -0.198. The number of anilines is 1. The van der Waals surface area contributed by atoms with Gasteiger partial charge >= 0.3 is 0 Å². The molecule has 0 spiro atoms. The predicted molar refractivity (Wildman–Crippen MR) is 80.8 cm³/mol. The molecule has 0 aromatic carbocycles. The maximum absolute atomic E-state index is 11.9. The van der Waals surface area contributed by atoms with Gasteiger partial charge in [0.25, 0.3) is 5.91 Å². The number of amides is 2. The topological polar surface area (TPSA) is 88.3 Å². The van der Waals surface area contributed by atoms with Crippen LogP contribution in [0.5, 0.6) is 0 Å². The van der Waals surface area contributed by atoms with Crippen LogP contribution in [-0.2, 0) is 4.79 Å². The molecule has 1 aromatic heterocycles. The van der Waals surface area contributed by atoms with E-state index in [-0.39, 0.29) is 17.7 Å². The van der Waals surface area contributed by atoms with E-state index in [1.807, 2.05) is 6.07 Å². The lowest BCUT2D eigenvalue weighted by Gasteiger charge is -2.28. The van der Waals surface area contributed by atoms with Gasteiger partial charge in [0.15, 0.2) is 0 Å². The standard InChI is InChI=1S/C15H22N4O2/c1-19(2)15(21)13-9-12(7-8-17-13)18-11-5-3-10(4-6-11)14(16)20/h7-11H,3-6H2,1-2H3,(H2,16,20)(H,17,18). The molecule has 2 rings (SSSR count). The van der Waals surface area contributed by atoms with Crippen LogP contribution in [0.25, 0.3) is 0 Å². The zero-order chi connectivity index (χ0) is 15.4. The Morgan fingerprint density at radius 1 is 1.29 bits per heavy atom. The number of pyridine rings is 1. The van der Waals surface area contributed by atoms with Crippen molar-refractivity contribution in [1.82, 2.24) is 9.88 Å². The molecular formula is C15H22N4O2. The summed E-state index contributed by atoms with van der Waals surface area (Å²) in [5.41, 5.74) is 6.65. The van der Waals surface area contributed by atoms with Gasteiger partial charge in [-0.2, -0.15) is 0 Å². The first-order valence-electron chi connectivity index (χ1n) is 7.21. The normalized spacial score (nSPS) is 21.6. The Morgan fingerprint density at radius 2 is 1.95 bits per heavy atom. The Balaban J connectivity index is 1.96. The quantitative estimate of drug-likeness (QED) is 0.873. The molecule has 21 heavy (non-hydrogen) atoms. The van der Waals surface area contributed by atoms with Gasteiger partial charge in [-0.25, -0.2) is 0 Å². The van der Waals surface area contributed by atoms with Crippen LogP contribution in [0.2, 0.25) is 0 Å². The van der Waals surface area contributed by atoms with Crippen LogP contribution in [0.15, 0.2) is 18.3 Å². The summed E-state index contributed by atoms with van der Waals surface area (Å²) >= 11 is 0. The van der Waals surface area contributed by atoms with E-state index in [4.69, 9.17) is 5.73 Å². The number of aromatic nitrogens is 1. The molecule has 6 heteroatoms.